The Balaban J connectivity index is 1.67. The Hall–Kier alpha value is -2.69. The summed E-state index contributed by atoms with van der Waals surface area (Å²) in [6, 6.07) is 7.20. The Bertz CT molecular complexity index is 1070. The molecule has 0 aliphatic carbocycles. The zero-order valence-electron chi connectivity index (χ0n) is 17.9. The fourth-order valence-corrected chi connectivity index (χ4v) is 4.48. The average Bonchev–Trinajstić information content (AvgIpc) is 3.19. The zero-order valence-corrected chi connectivity index (χ0v) is 18.7. The van der Waals surface area contributed by atoms with Crippen molar-refractivity contribution in [1.82, 2.24) is 19.6 Å². The van der Waals surface area contributed by atoms with Gasteiger partial charge in [-0.3, -0.25) is 4.21 Å². The monoisotopic (exact) mass is 444 g/mol. The Morgan fingerprint density at radius 1 is 1.19 bits per heavy atom. The van der Waals surface area contributed by atoms with E-state index in [1.54, 1.807) is 6.26 Å². The third kappa shape index (κ3) is 4.81. The van der Waals surface area contributed by atoms with E-state index in [2.05, 4.69) is 21.4 Å². The molecule has 10 heteroatoms. The zero-order chi connectivity index (χ0) is 22.0. The Labute approximate surface area is 183 Å². The molecule has 2 aliphatic rings. The summed E-state index contributed by atoms with van der Waals surface area (Å²) in [7, 11) is -2.34. The lowest BCUT2D eigenvalue weighted by molar-refractivity contribution is 0.122. The summed E-state index contributed by atoms with van der Waals surface area (Å²) in [4.78, 5) is 23.6. The minimum absolute atomic E-state index is 0.241. The maximum absolute atomic E-state index is 12.6. The number of rotatable bonds is 5. The molecule has 2 aromatic rings. The number of hydrogen-bond donors (Lipinski definition) is 2. The molecule has 2 aliphatic heterocycles. The number of anilines is 2. The second-order valence-electron chi connectivity index (χ2n) is 7.71. The Morgan fingerprint density at radius 3 is 2.55 bits per heavy atom. The van der Waals surface area contributed by atoms with Gasteiger partial charge in [0.25, 0.3) is 0 Å². The Kier molecular flexibility index (Phi) is 6.12. The number of ether oxygens (including phenoxy) is 1. The lowest BCUT2D eigenvalue weighted by Crippen LogP contribution is -2.37. The van der Waals surface area contributed by atoms with Crippen LogP contribution in [0.2, 0.25) is 0 Å². The van der Waals surface area contributed by atoms with Gasteiger partial charge in [0.05, 0.1) is 25.5 Å². The third-order valence-corrected chi connectivity index (χ3v) is 6.68. The molecule has 0 spiro atoms. The van der Waals surface area contributed by atoms with Gasteiger partial charge in [0.2, 0.25) is 0 Å². The first-order chi connectivity index (χ1) is 14.8. The molecule has 4 rings (SSSR count). The van der Waals surface area contributed by atoms with Crippen LogP contribution < -0.4 is 15.5 Å². The largest absolute Gasteiger partial charge is 0.378 e. The highest BCUT2D eigenvalue weighted by molar-refractivity contribution is 7.97. The van der Waals surface area contributed by atoms with Crippen LogP contribution in [0.4, 0.5) is 16.3 Å². The fourth-order valence-electron chi connectivity index (χ4n) is 3.69. The predicted molar refractivity (Wildman–Crippen MR) is 124 cm³/mol. The highest BCUT2D eigenvalue weighted by Crippen LogP contribution is 2.33. The lowest BCUT2D eigenvalue weighted by Gasteiger charge is -2.29. The van der Waals surface area contributed by atoms with Crippen molar-refractivity contribution in [2.45, 2.75) is 20.0 Å². The molecule has 3 heterocycles. The van der Waals surface area contributed by atoms with Gasteiger partial charge in [-0.1, -0.05) is 0 Å². The van der Waals surface area contributed by atoms with Gasteiger partial charge >= 0.3 is 6.03 Å². The van der Waals surface area contributed by atoms with E-state index in [9.17, 15) is 9.00 Å². The van der Waals surface area contributed by atoms with Gasteiger partial charge in [-0.05, 0) is 37.1 Å². The van der Waals surface area contributed by atoms with Crippen molar-refractivity contribution in [3.8, 4) is 11.4 Å². The summed E-state index contributed by atoms with van der Waals surface area (Å²) in [5.41, 5.74) is 3.44. The number of benzene rings is 1. The van der Waals surface area contributed by atoms with Gasteiger partial charge in [0.15, 0.2) is 5.82 Å². The number of nitrogens with zero attached hydrogens (tertiary/aromatic N) is 4. The van der Waals surface area contributed by atoms with Crippen LogP contribution in [0, 0.1) is 0 Å². The quantitative estimate of drug-likeness (QED) is 0.681. The Morgan fingerprint density at radius 2 is 1.90 bits per heavy atom. The van der Waals surface area contributed by atoms with Crippen LogP contribution in [0.25, 0.3) is 11.4 Å². The van der Waals surface area contributed by atoms with E-state index in [0.717, 1.165) is 35.7 Å². The molecule has 2 amide bonds. The standard InChI is InChI=1S/C21H28N6O3S/c1-4-22-21(28)23-16-7-5-15(6-8-16)19-24-18-14-27(31(2,3)29)13-17(18)20(25-19)26-9-11-30-12-10-26/h5-8H,2,4,9-14H2,1,3H3,(H2,22,23,28). The van der Waals surface area contributed by atoms with Crippen molar-refractivity contribution in [1.29, 1.82) is 0 Å². The van der Waals surface area contributed by atoms with E-state index >= 15 is 0 Å². The number of nitrogens with one attached hydrogen (secondary N) is 2. The number of amides is 2. The SMILES string of the molecule is C=S(C)(=O)N1Cc2nc(-c3ccc(NC(=O)NCC)cc3)nc(N3CCOCC3)c2C1. The van der Waals surface area contributed by atoms with E-state index in [-0.39, 0.29) is 6.03 Å². The summed E-state index contributed by atoms with van der Waals surface area (Å²) in [5, 5.41) is 5.49. The summed E-state index contributed by atoms with van der Waals surface area (Å²) >= 11 is 0. The predicted octanol–water partition coefficient (Wildman–Crippen LogP) is 1.70. The van der Waals surface area contributed by atoms with E-state index in [4.69, 9.17) is 14.7 Å². The number of hydrogen-bond acceptors (Lipinski definition) is 6. The minimum atomic E-state index is -2.34. The first kappa shape index (κ1) is 21.5. The van der Waals surface area contributed by atoms with Crippen LogP contribution in [-0.4, -0.2) is 69.5 Å². The highest BCUT2D eigenvalue weighted by atomic mass is 32.2. The van der Waals surface area contributed by atoms with Crippen LogP contribution in [-0.2, 0) is 27.5 Å². The smallest absolute Gasteiger partial charge is 0.319 e. The summed E-state index contributed by atoms with van der Waals surface area (Å²) in [6.07, 6.45) is 1.65. The van der Waals surface area contributed by atoms with Crippen molar-refractivity contribution < 1.29 is 13.7 Å². The molecular formula is C21H28N6O3S. The van der Waals surface area contributed by atoms with Gasteiger partial charge < -0.3 is 20.3 Å². The second-order valence-corrected chi connectivity index (χ2v) is 10.1. The van der Waals surface area contributed by atoms with Gasteiger partial charge in [0.1, 0.15) is 5.82 Å². The first-order valence-electron chi connectivity index (χ1n) is 10.3. The summed E-state index contributed by atoms with van der Waals surface area (Å²) in [5.74, 6) is 5.32. The van der Waals surface area contributed by atoms with Crippen LogP contribution in [0.3, 0.4) is 0 Å². The molecule has 1 fully saturated rings. The average molecular weight is 445 g/mol. The normalized spacial score (nSPS) is 18.3. The topological polar surface area (TPSA) is 99.7 Å². The number of fused-ring (bicyclic) bond motifs is 1. The molecule has 1 aromatic heterocycles. The first-order valence-corrected chi connectivity index (χ1v) is 12.4. The molecule has 1 saturated heterocycles. The highest BCUT2D eigenvalue weighted by Gasteiger charge is 2.30. The van der Waals surface area contributed by atoms with Gasteiger partial charge in [-0.15, -0.1) is 0 Å². The minimum Gasteiger partial charge on any atom is -0.378 e. The van der Waals surface area contributed by atoms with E-state index in [1.807, 2.05) is 35.5 Å². The van der Waals surface area contributed by atoms with Crippen molar-refractivity contribution in [2.75, 3.05) is 49.3 Å². The van der Waals surface area contributed by atoms with E-state index in [1.165, 1.54) is 0 Å². The lowest BCUT2D eigenvalue weighted by atomic mass is 10.1. The molecule has 0 bridgehead atoms. The van der Waals surface area contributed by atoms with E-state index < -0.39 is 9.71 Å². The third-order valence-electron chi connectivity index (χ3n) is 5.33. The molecule has 1 atom stereocenters. The molecule has 2 N–H and O–H groups in total. The molecule has 0 saturated carbocycles. The molecule has 1 unspecified atom stereocenters. The number of carbonyl (C=O) groups excluding carboxylic acids is 1. The number of carbonyl (C=O) groups is 1. The summed E-state index contributed by atoms with van der Waals surface area (Å²) < 4.78 is 19.9. The molecule has 9 nitrogen and oxygen atoms in total. The second kappa shape index (κ2) is 8.81. The van der Waals surface area contributed by atoms with E-state index in [0.29, 0.717) is 44.4 Å². The molecule has 166 valence electrons. The maximum Gasteiger partial charge on any atom is 0.319 e. The molecule has 31 heavy (non-hydrogen) atoms. The van der Waals surface area contributed by atoms with Gasteiger partial charge in [-0.2, -0.15) is 0 Å². The van der Waals surface area contributed by atoms with Crippen LogP contribution in [0.15, 0.2) is 24.3 Å². The maximum atomic E-state index is 12.6. The molecule has 1 aromatic carbocycles. The fraction of sp³-hybridized carbons (Fsp3) is 0.429. The van der Waals surface area contributed by atoms with Crippen molar-refractivity contribution in [3.63, 3.8) is 0 Å². The van der Waals surface area contributed by atoms with Crippen molar-refractivity contribution >= 4 is 33.1 Å². The van der Waals surface area contributed by atoms with Crippen LogP contribution >= 0.6 is 0 Å². The van der Waals surface area contributed by atoms with Crippen LogP contribution in [0.5, 0.6) is 0 Å². The number of morpholine rings is 1. The van der Waals surface area contributed by atoms with Crippen molar-refractivity contribution in [3.05, 3.63) is 35.5 Å². The molecule has 0 radical (unpaired) electrons. The number of urea groups is 1. The molecular weight excluding hydrogens is 416 g/mol. The van der Waals surface area contributed by atoms with Gasteiger partial charge in [-0.25, -0.2) is 19.1 Å². The summed E-state index contributed by atoms with van der Waals surface area (Å²) in [6.45, 7) is 6.25. The van der Waals surface area contributed by atoms with Gasteiger partial charge in [0, 0.05) is 59.0 Å². The number of aromatic nitrogens is 2. The van der Waals surface area contributed by atoms with Crippen molar-refractivity contribution in [2.24, 2.45) is 0 Å². The van der Waals surface area contributed by atoms with Crippen LogP contribution in [0.1, 0.15) is 18.2 Å².